The summed E-state index contributed by atoms with van der Waals surface area (Å²) in [5, 5.41) is 2.90. The maximum atomic E-state index is 2.54. The molecule has 1 aromatic heterocycles. The van der Waals surface area contributed by atoms with Gasteiger partial charge in [-0.25, -0.2) is 0 Å². The summed E-state index contributed by atoms with van der Waals surface area (Å²) in [5.41, 5.74) is 10.2. The molecule has 3 aromatic rings. The normalized spacial score (nSPS) is 11.7. The Morgan fingerprint density at radius 2 is 1.65 bits per heavy atom. The zero-order valence-corrected chi connectivity index (χ0v) is 15.5. The van der Waals surface area contributed by atoms with Crippen molar-refractivity contribution in [3.05, 3.63) is 46.0 Å². The first kappa shape index (κ1) is 16.1. The van der Waals surface area contributed by atoms with E-state index in [1.165, 1.54) is 63.3 Å². The van der Waals surface area contributed by atoms with Gasteiger partial charge in [0.1, 0.15) is 0 Å². The Hall–Kier alpha value is -1.76. The van der Waals surface area contributed by atoms with Crippen molar-refractivity contribution in [2.45, 2.75) is 67.3 Å². The second-order valence-electron chi connectivity index (χ2n) is 6.95. The predicted molar refractivity (Wildman–Crippen MR) is 103 cm³/mol. The van der Waals surface area contributed by atoms with Crippen LogP contribution < -0.4 is 0 Å². The molecule has 0 saturated carbocycles. The van der Waals surface area contributed by atoms with Crippen LogP contribution in [0.25, 0.3) is 21.8 Å². The predicted octanol–water partition coefficient (Wildman–Crippen LogP) is 6.39. The molecule has 3 rings (SSSR count). The van der Waals surface area contributed by atoms with Crippen LogP contribution in [-0.2, 0) is 13.0 Å². The minimum absolute atomic E-state index is 1.03. The monoisotopic (exact) mass is 307 g/mol. The van der Waals surface area contributed by atoms with Crippen LogP contribution in [0, 0.1) is 27.7 Å². The molecule has 1 heterocycles. The van der Waals surface area contributed by atoms with E-state index in [4.69, 9.17) is 0 Å². The third-order valence-corrected chi connectivity index (χ3v) is 5.56. The van der Waals surface area contributed by atoms with E-state index in [1.807, 2.05) is 0 Å². The summed E-state index contributed by atoms with van der Waals surface area (Å²) in [6.45, 7) is 14.7. The lowest BCUT2D eigenvalue weighted by Crippen LogP contribution is -2.02. The van der Waals surface area contributed by atoms with Crippen LogP contribution >= 0.6 is 0 Å². The average molecular weight is 307 g/mol. The molecule has 0 bridgehead atoms. The van der Waals surface area contributed by atoms with Crippen LogP contribution in [-0.4, -0.2) is 4.57 Å². The van der Waals surface area contributed by atoms with Crippen molar-refractivity contribution in [1.29, 1.82) is 0 Å². The zero-order valence-electron chi connectivity index (χ0n) is 15.5. The summed E-state index contributed by atoms with van der Waals surface area (Å²) in [4.78, 5) is 0. The summed E-state index contributed by atoms with van der Waals surface area (Å²) in [5.74, 6) is 0. The Labute approximate surface area is 140 Å². The number of nitrogens with zero attached hydrogens (tertiary/aromatic N) is 1. The van der Waals surface area contributed by atoms with Gasteiger partial charge in [-0.15, -0.1) is 0 Å². The lowest BCUT2D eigenvalue weighted by Gasteiger charge is -2.16. The number of hydrogen-bond donors (Lipinski definition) is 0. The van der Waals surface area contributed by atoms with Gasteiger partial charge < -0.3 is 4.57 Å². The van der Waals surface area contributed by atoms with Crippen molar-refractivity contribution >= 4 is 21.8 Å². The second kappa shape index (κ2) is 6.03. The van der Waals surface area contributed by atoms with Crippen molar-refractivity contribution in [3.8, 4) is 0 Å². The van der Waals surface area contributed by atoms with Gasteiger partial charge in [-0.05, 0) is 81.3 Å². The number of unbranched alkanes of at least 4 members (excludes halogenated alkanes) is 1. The topological polar surface area (TPSA) is 4.93 Å². The van der Waals surface area contributed by atoms with E-state index in [0.717, 1.165) is 6.54 Å². The lowest BCUT2D eigenvalue weighted by molar-refractivity contribution is 0.777. The smallest absolute Gasteiger partial charge is 0.0529 e. The summed E-state index contributed by atoms with van der Waals surface area (Å²) >= 11 is 0. The van der Waals surface area contributed by atoms with Gasteiger partial charge >= 0.3 is 0 Å². The molecule has 0 saturated heterocycles. The molecular formula is C22H29N. The number of aryl methyl sites for hydroxylation is 4. The van der Waals surface area contributed by atoms with Crippen LogP contribution in [0.4, 0.5) is 0 Å². The lowest BCUT2D eigenvalue weighted by atomic mass is 9.91. The molecule has 122 valence electrons. The number of rotatable bonds is 4. The van der Waals surface area contributed by atoms with Crippen molar-refractivity contribution in [3.63, 3.8) is 0 Å². The van der Waals surface area contributed by atoms with Crippen LogP contribution in [0.1, 0.15) is 54.5 Å². The van der Waals surface area contributed by atoms with Crippen LogP contribution in [0.2, 0.25) is 0 Å². The minimum Gasteiger partial charge on any atom is -0.341 e. The molecule has 0 aliphatic rings. The van der Waals surface area contributed by atoms with E-state index >= 15 is 0 Å². The van der Waals surface area contributed by atoms with Crippen LogP contribution in [0.3, 0.4) is 0 Å². The van der Waals surface area contributed by atoms with Gasteiger partial charge in [-0.2, -0.15) is 0 Å². The highest BCUT2D eigenvalue weighted by atomic mass is 15.0. The quantitative estimate of drug-likeness (QED) is 0.526. The van der Waals surface area contributed by atoms with E-state index in [2.05, 4.69) is 64.3 Å². The Bertz CT molecular complexity index is 880. The number of fused-ring (bicyclic) bond motifs is 3. The highest BCUT2D eigenvalue weighted by Gasteiger charge is 2.19. The summed E-state index contributed by atoms with van der Waals surface area (Å²) in [6.07, 6.45) is 3.71. The third-order valence-electron chi connectivity index (χ3n) is 5.56. The Balaban J connectivity index is 2.53. The molecule has 0 amide bonds. The van der Waals surface area contributed by atoms with Gasteiger partial charge in [0.05, 0.1) is 5.52 Å². The van der Waals surface area contributed by atoms with Crippen molar-refractivity contribution in [2.75, 3.05) is 0 Å². The van der Waals surface area contributed by atoms with Gasteiger partial charge in [0.15, 0.2) is 0 Å². The number of benzene rings is 2. The van der Waals surface area contributed by atoms with Crippen molar-refractivity contribution < 1.29 is 0 Å². The van der Waals surface area contributed by atoms with Crippen LogP contribution in [0.15, 0.2) is 18.2 Å². The summed E-state index contributed by atoms with van der Waals surface area (Å²) < 4.78 is 2.54. The fourth-order valence-electron chi connectivity index (χ4n) is 4.01. The molecular weight excluding hydrogens is 278 g/mol. The Morgan fingerprint density at radius 3 is 2.30 bits per heavy atom. The maximum absolute atomic E-state index is 2.54. The van der Waals surface area contributed by atoms with E-state index in [-0.39, 0.29) is 0 Å². The molecule has 0 atom stereocenters. The molecule has 1 nitrogen and oxygen atoms in total. The molecule has 2 aromatic carbocycles. The highest BCUT2D eigenvalue weighted by Crippen LogP contribution is 2.38. The number of hydrogen-bond acceptors (Lipinski definition) is 0. The maximum Gasteiger partial charge on any atom is 0.0529 e. The molecule has 0 spiro atoms. The standard InChI is InChI=1S/C22H29N/c1-7-9-10-18-16(5)15(4)17(6)21-19-12-11-14(3)13-20(19)23(8-2)22(18)21/h11-13H,7-10H2,1-6H3. The first-order chi connectivity index (χ1) is 11.0. The Kier molecular flexibility index (Phi) is 4.23. The van der Waals surface area contributed by atoms with E-state index in [0.29, 0.717) is 0 Å². The zero-order chi connectivity index (χ0) is 16.7. The van der Waals surface area contributed by atoms with E-state index in [1.54, 1.807) is 5.56 Å². The largest absolute Gasteiger partial charge is 0.341 e. The van der Waals surface area contributed by atoms with Gasteiger partial charge in [0.2, 0.25) is 0 Å². The molecule has 0 fully saturated rings. The highest BCUT2D eigenvalue weighted by molar-refractivity contribution is 6.11. The third kappa shape index (κ3) is 2.38. The molecule has 0 unspecified atom stereocenters. The van der Waals surface area contributed by atoms with Crippen molar-refractivity contribution in [2.24, 2.45) is 0 Å². The molecule has 0 radical (unpaired) electrons. The van der Waals surface area contributed by atoms with Gasteiger partial charge in [-0.1, -0.05) is 25.5 Å². The second-order valence-corrected chi connectivity index (χ2v) is 6.95. The molecule has 0 aliphatic carbocycles. The summed E-state index contributed by atoms with van der Waals surface area (Å²) in [6, 6.07) is 6.93. The SMILES string of the molecule is CCCCc1c(C)c(C)c(C)c2c3ccc(C)cc3n(CC)c12. The van der Waals surface area contributed by atoms with E-state index < -0.39 is 0 Å². The molecule has 23 heavy (non-hydrogen) atoms. The molecule has 0 N–H and O–H groups in total. The van der Waals surface area contributed by atoms with Gasteiger partial charge in [-0.3, -0.25) is 0 Å². The van der Waals surface area contributed by atoms with Gasteiger partial charge in [0, 0.05) is 22.8 Å². The minimum atomic E-state index is 1.03. The first-order valence-corrected chi connectivity index (χ1v) is 9.02. The number of aromatic nitrogens is 1. The van der Waals surface area contributed by atoms with Crippen LogP contribution in [0.5, 0.6) is 0 Å². The van der Waals surface area contributed by atoms with Gasteiger partial charge in [0.25, 0.3) is 0 Å². The average Bonchev–Trinajstić information content (AvgIpc) is 2.86. The van der Waals surface area contributed by atoms with E-state index in [9.17, 15) is 0 Å². The first-order valence-electron chi connectivity index (χ1n) is 9.02. The Morgan fingerprint density at radius 1 is 0.913 bits per heavy atom. The van der Waals surface area contributed by atoms with Crippen molar-refractivity contribution in [1.82, 2.24) is 4.57 Å². The summed E-state index contributed by atoms with van der Waals surface area (Å²) in [7, 11) is 0. The fourth-order valence-corrected chi connectivity index (χ4v) is 4.01. The fraction of sp³-hybridized carbons (Fsp3) is 0.455. The molecule has 0 aliphatic heterocycles. The molecule has 1 heteroatoms.